The van der Waals surface area contributed by atoms with Crippen LogP contribution in [-0.2, 0) is 10.5 Å². The molecule has 0 saturated carbocycles. The highest BCUT2D eigenvalue weighted by molar-refractivity contribution is 8.01. The summed E-state index contributed by atoms with van der Waals surface area (Å²) in [4.78, 5) is 11.9. The minimum Gasteiger partial charge on any atom is -0.300 e. The van der Waals surface area contributed by atoms with E-state index in [4.69, 9.17) is 0 Å². The minimum atomic E-state index is -0.0270. The normalized spacial score (nSPS) is 10.6. The third-order valence-corrected chi connectivity index (χ3v) is 5.85. The van der Waals surface area contributed by atoms with Crippen LogP contribution in [0.25, 0.3) is 0 Å². The van der Waals surface area contributed by atoms with Gasteiger partial charge in [0.05, 0.1) is 5.75 Å². The molecule has 0 saturated heterocycles. The van der Waals surface area contributed by atoms with Gasteiger partial charge in [0.1, 0.15) is 0 Å². The summed E-state index contributed by atoms with van der Waals surface area (Å²) in [6.45, 7) is 4.20. The maximum absolute atomic E-state index is 11.9. The molecule has 1 aromatic carbocycles. The highest BCUT2D eigenvalue weighted by Crippen LogP contribution is 2.26. The number of benzene rings is 1. The second-order valence-corrected chi connectivity index (χ2v) is 8.06. The summed E-state index contributed by atoms with van der Waals surface area (Å²) in [6.07, 6.45) is 1.10. The first kappa shape index (κ1) is 17.3. The number of aryl methyl sites for hydroxylation is 1. The van der Waals surface area contributed by atoms with Crippen LogP contribution in [0.5, 0.6) is 0 Å². The second kappa shape index (κ2) is 9.17. The molecular weight excluding hydrogens is 334 g/mol. The van der Waals surface area contributed by atoms with E-state index in [-0.39, 0.29) is 5.91 Å². The standard InChI is InChI=1S/C15H19N3OS3/c1-3-7-21-15-18-17-14(22-15)16-13(19)10-20-9-12-6-4-5-11(2)8-12/h4-6,8H,3,7,9-10H2,1-2H3,(H,16,17,19). The Balaban J connectivity index is 1.72. The Kier molecular flexibility index (Phi) is 7.21. The summed E-state index contributed by atoms with van der Waals surface area (Å²) >= 11 is 4.71. The van der Waals surface area contributed by atoms with E-state index in [0.717, 1.165) is 22.3 Å². The van der Waals surface area contributed by atoms with Crippen LogP contribution in [0.2, 0.25) is 0 Å². The fourth-order valence-electron chi connectivity index (χ4n) is 1.73. The number of rotatable bonds is 8. The number of amides is 1. The lowest BCUT2D eigenvalue weighted by molar-refractivity contribution is -0.113. The number of carbonyl (C=O) groups excluding carboxylic acids is 1. The third-order valence-electron chi connectivity index (χ3n) is 2.67. The van der Waals surface area contributed by atoms with Crippen molar-refractivity contribution >= 4 is 45.9 Å². The number of aromatic nitrogens is 2. The summed E-state index contributed by atoms with van der Waals surface area (Å²) in [5, 5.41) is 11.4. The summed E-state index contributed by atoms with van der Waals surface area (Å²) < 4.78 is 0.907. The second-order valence-electron chi connectivity index (χ2n) is 4.75. The van der Waals surface area contributed by atoms with Crippen LogP contribution in [0.15, 0.2) is 28.6 Å². The van der Waals surface area contributed by atoms with Gasteiger partial charge < -0.3 is 0 Å². The Hall–Kier alpha value is -1.05. The first-order valence-corrected chi connectivity index (χ1v) is 10.0. The zero-order valence-corrected chi connectivity index (χ0v) is 15.1. The molecule has 1 amide bonds. The third kappa shape index (κ3) is 5.98. The topological polar surface area (TPSA) is 54.9 Å². The molecule has 0 atom stereocenters. The Labute approximate surface area is 143 Å². The van der Waals surface area contributed by atoms with Crippen LogP contribution in [0.1, 0.15) is 24.5 Å². The van der Waals surface area contributed by atoms with Crippen molar-refractivity contribution in [1.29, 1.82) is 0 Å². The lowest BCUT2D eigenvalue weighted by atomic mass is 10.2. The van der Waals surface area contributed by atoms with Gasteiger partial charge in [0.25, 0.3) is 0 Å². The van der Waals surface area contributed by atoms with E-state index in [1.807, 2.05) is 6.07 Å². The molecule has 0 fully saturated rings. The van der Waals surface area contributed by atoms with Crippen molar-refractivity contribution in [1.82, 2.24) is 10.2 Å². The molecule has 0 bridgehead atoms. The number of anilines is 1. The van der Waals surface area contributed by atoms with Crippen LogP contribution >= 0.6 is 34.9 Å². The summed E-state index contributed by atoms with van der Waals surface area (Å²) in [6, 6.07) is 8.35. The van der Waals surface area contributed by atoms with Crippen LogP contribution < -0.4 is 5.32 Å². The number of hydrogen-bond acceptors (Lipinski definition) is 6. The largest absolute Gasteiger partial charge is 0.300 e. The van der Waals surface area contributed by atoms with Crippen molar-refractivity contribution in [3.63, 3.8) is 0 Å². The van der Waals surface area contributed by atoms with E-state index in [9.17, 15) is 4.79 Å². The van der Waals surface area contributed by atoms with Gasteiger partial charge in [-0.1, -0.05) is 59.9 Å². The molecule has 1 heterocycles. The average molecular weight is 354 g/mol. The maximum atomic E-state index is 11.9. The van der Waals surface area contributed by atoms with Crippen molar-refractivity contribution in [2.24, 2.45) is 0 Å². The molecular formula is C15H19N3OS3. The van der Waals surface area contributed by atoms with E-state index in [1.165, 1.54) is 22.5 Å². The molecule has 2 rings (SSSR count). The van der Waals surface area contributed by atoms with Crippen molar-refractivity contribution in [2.45, 2.75) is 30.4 Å². The van der Waals surface area contributed by atoms with Crippen LogP contribution in [0.3, 0.4) is 0 Å². The molecule has 2 aromatic rings. The van der Waals surface area contributed by atoms with Gasteiger partial charge in [-0.05, 0) is 18.9 Å². The fraction of sp³-hybridized carbons (Fsp3) is 0.400. The Morgan fingerprint density at radius 3 is 3.00 bits per heavy atom. The van der Waals surface area contributed by atoms with E-state index in [2.05, 4.69) is 47.6 Å². The molecule has 0 aliphatic carbocycles. The highest BCUT2D eigenvalue weighted by Gasteiger charge is 2.08. The monoisotopic (exact) mass is 353 g/mol. The Bertz CT molecular complexity index is 616. The first-order chi connectivity index (χ1) is 10.7. The van der Waals surface area contributed by atoms with Gasteiger partial charge in [-0.15, -0.1) is 22.0 Å². The predicted octanol–water partition coefficient (Wildman–Crippen LogP) is 4.22. The Morgan fingerprint density at radius 2 is 2.23 bits per heavy atom. The average Bonchev–Trinajstić information content (AvgIpc) is 2.92. The predicted molar refractivity (Wildman–Crippen MR) is 96.9 cm³/mol. The van der Waals surface area contributed by atoms with Gasteiger partial charge in [-0.3, -0.25) is 10.1 Å². The summed E-state index contributed by atoms with van der Waals surface area (Å²) in [7, 11) is 0. The molecule has 1 aromatic heterocycles. The van der Waals surface area contributed by atoms with E-state index >= 15 is 0 Å². The Morgan fingerprint density at radius 1 is 1.36 bits per heavy atom. The van der Waals surface area contributed by atoms with Gasteiger partial charge in [0.2, 0.25) is 11.0 Å². The number of hydrogen-bond donors (Lipinski definition) is 1. The SMILES string of the molecule is CCCSc1nnc(NC(=O)CSCc2cccc(C)c2)s1. The van der Waals surface area contributed by atoms with E-state index in [1.54, 1.807) is 23.5 Å². The van der Waals surface area contributed by atoms with Crippen molar-refractivity contribution in [3.05, 3.63) is 35.4 Å². The molecule has 0 radical (unpaired) electrons. The van der Waals surface area contributed by atoms with Gasteiger partial charge >= 0.3 is 0 Å². The number of carbonyl (C=O) groups is 1. The van der Waals surface area contributed by atoms with Crippen molar-refractivity contribution in [2.75, 3.05) is 16.8 Å². The lowest BCUT2D eigenvalue weighted by Gasteiger charge is -2.03. The van der Waals surface area contributed by atoms with Gasteiger partial charge in [0, 0.05) is 11.5 Å². The maximum Gasteiger partial charge on any atom is 0.236 e. The molecule has 1 N–H and O–H groups in total. The summed E-state index contributed by atoms with van der Waals surface area (Å²) in [5.41, 5.74) is 2.49. The zero-order chi connectivity index (χ0) is 15.8. The molecule has 0 unspecified atom stereocenters. The van der Waals surface area contributed by atoms with Crippen molar-refractivity contribution in [3.8, 4) is 0 Å². The first-order valence-electron chi connectivity index (χ1n) is 7.07. The molecule has 4 nitrogen and oxygen atoms in total. The van der Waals surface area contributed by atoms with Crippen LogP contribution in [0, 0.1) is 6.92 Å². The van der Waals surface area contributed by atoms with E-state index in [0.29, 0.717) is 10.9 Å². The molecule has 0 aliphatic heterocycles. The smallest absolute Gasteiger partial charge is 0.236 e. The molecule has 22 heavy (non-hydrogen) atoms. The zero-order valence-electron chi connectivity index (χ0n) is 12.7. The van der Waals surface area contributed by atoms with Gasteiger partial charge in [-0.25, -0.2) is 0 Å². The lowest BCUT2D eigenvalue weighted by Crippen LogP contribution is -2.14. The fourth-order valence-corrected chi connectivity index (χ4v) is 4.20. The van der Waals surface area contributed by atoms with Gasteiger partial charge in [-0.2, -0.15) is 0 Å². The quantitative estimate of drug-likeness (QED) is 0.569. The minimum absolute atomic E-state index is 0.0270. The van der Waals surface area contributed by atoms with Gasteiger partial charge in [0.15, 0.2) is 4.34 Å². The molecule has 7 heteroatoms. The molecule has 118 valence electrons. The number of nitrogens with one attached hydrogen (secondary N) is 1. The number of nitrogens with zero attached hydrogens (tertiary/aromatic N) is 2. The van der Waals surface area contributed by atoms with Crippen LogP contribution in [0.4, 0.5) is 5.13 Å². The van der Waals surface area contributed by atoms with Crippen LogP contribution in [-0.4, -0.2) is 27.6 Å². The van der Waals surface area contributed by atoms with E-state index < -0.39 is 0 Å². The number of thioether (sulfide) groups is 2. The molecule has 0 aliphatic rings. The summed E-state index contributed by atoms with van der Waals surface area (Å²) in [5.74, 6) is 2.25. The van der Waals surface area contributed by atoms with Crippen molar-refractivity contribution < 1.29 is 4.79 Å². The molecule has 0 spiro atoms. The highest BCUT2D eigenvalue weighted by atomic mass is 32.2.